The minimum absolute atomic E-state index is 0.00719. The Morgan fingerprint density at radius 2 is 1.73 bits per heavy atom. The molecule has 0 aliphatic carbocycles. The van der Waals surface area contributed by atoms with Crippen molar-refractivity contribution >= 4 is 34.4 Å². The third-order valence-electron chi connectivity index (χ3n) is 5.40. The van der Waals surface area contributed by atoms with Crippen molar-refractivity contribution in [3.8, 4) is 0 Å². The Morgan fingerprint density at radius 1 is 1.03 bits per heavy atom. The summed E-state index contributed by atoms with van der Waals surface area (Å²) in [5.41, 5.74) is 3.52. The molecule has 3 aromatic carbocycles. The topological polar surface area (TPSA) is 81.9 Å². The van der Waals surface area contributed by atoms with E-state index in [1.807, 2.05) is 46.2 Å². The highest BCUT2D eigenvalue weighted by Crippen LogP contribution is 2.45. The van der Waals surface area contributed by atoms with Crippen LogP contribution in [0.2, 0.25) is 5.02 Å². The monoisotopic (exact) mass is 420 g/mol. The van der Waals surface area contributed by atoms with Crippen LogP contribution in [0.25, 0.3) is 0 Å². The summed E-state index contributed by atoms with van der Waals surface area (Å²) in [6.07, 6.45) is 0. The van der Waals surface area contributed by atoms with Crippen LogP contribution in [0.5, 0.6) is 0 Å². The number of fused-ring (bicyclic) bond motifs is 3. The van der Waals surface area contributed by atoms with Crippen molar-refractivity contribution in [2.24, 2.45) is 0 Å². The molecule has 2 aliphatic heterocycles. The van der Waals surface area contributed by atoms with E-state index < -0.39 is 11.0 Å². The van der Waals surface area contributed by atoms with Gasteiger partial charge in [0, 0.05) is 22.8 Å². The van der Waals surface area contributed by atoms with Crippen LogP contribution in [0, 0.1) is 10.1 Å². The molecule has 0 spiro atoms. The molecular weight excluding hydrogens is 404 g/mol. The zero-order chi connectivity index (χ0) is 20.8. The first kappa shape index (κ1) is 18.3. The molecule has 0 radical (unpaired) electrons. The number of aliphatic hydroxyl groups is 1. The van der Waals surface area contributed by atoms with Crippen LogP contribution in [0.4, 0.5) is 22.7 Å². The quantitative estimate of drug-likeness (QED) is 0.434. The first-order chi connectivity index (χ1) is 14.5. The molecular formula is C22H17ClN4O3. The van der Waals surface area contributed by atoms with Crippen LogP contribution in [0.1, 0.15) is 11.6 Å². The first-order valence-corrected chi connectivity index (χ1v) is 9.74. The normalized spacial score (nSPS) is 17.4. The second-order valence-electron chi connectivity index (χ2n) is 7.14. The van der Waals surface area contributed by atoms with Crippen molar-refractivity contribution in [2.45, 2.75) is 6.04 Å². The standard InChI is InChI=1S/C22H17ClN4O3/c23-15-7-11-16(12-8-15)25-13-26-19-4-2-1-3-18(19)24-22(26)21(28)20(25)14-5-9-17(10-6-14)27(29)30/h1-12,20,24,28H,13H2/t20-/m1/s1. The molecule has 2 heterocycles. The van der Waals surface area contributed by atoms with E-state index in [4.69, 9.17) is 11.6 Å². The van der Waals surface area contributed by atoms with Crippen molar-refractivity contribution < 1.29 is 10.0 Å². The van der Waals surface area contributed by atoms with Gasteiger partial charge in [-0.15, -0.1) is 0 Å². The van der Waals surface area contributed by atoms with Gasteiger partial charge < -0.3 is 20.2 Å². The Balaban J connectivity index is 1.64. The lowest BCUT2D eigenvalue weighted by Gasteiger charge is -2.42. The van der Waals surface area contributed by atoms with Crippen LogP contribution >= 0.6 is 11.6 Å². The second-order valence-corrected chi connectivity index (χ2v) is 7.58. The van der Waals surface area contributed by atoms with E-state index in [1.165, 1.54) is 12.1 Å². The average molecular weight is 421 g/mol. The molecule has 7 nitrogen and oxygen atoms in total. The van der Waals surface area contributed by atoms with Crippen LogP contribution in [-0.4, -0.2) is 16.7 Å². The van der Waals surface area contributed by atoms with Crippen molar-refractivity contribution in [1.29, 1.82) is 0 Å². The van der Waals surface area contributed by atoms with Gasteiger partial charge in [-0.2, -0.15) is 0 Å². The Hall–Kier alpha value is -3.71. The summed E-state index contributed by atoms with van der Waals surface area (Å²) in [6, 6.07) is 21.0. The number of benzene rings is 3. The van der Waals surface area contributed by atoms with Crippen LogP contribution in [0.3, 0.4) is 0 Å². The van der Waals surface area contributed by atoms with Gasteiger partial charge in [-0.1, -0.05) is 23.7 Å². The van der Waals surface area contributed by atoms with Gasteiger partial charge in [0.2, 0.25) is 0 Å². The van der Waals surface area contributed by atoms with Gasteiger partial charge in [-0.3, -0.25) is 10.1 Å². The first-order valence-electron chi connectivity index (χ1n) is 9.36. The molecule has 0 saturated carbocycles. The number of non-ortho nitro benzene ring substituents is 1. The summed E-state index contributed by atoms with van der Waals surface area (Å²) in [4.78, 5) is 14.7. The highest BCUT2D eigenvalue weighted by Gasteiger charge is 2.39. The largest absolute Gasteiger partial charge is 0.506 e. The Labute approximate surface area is 177 Å². The van der Waals surface area contributed by atoms with Gasteiger partial charge in [0.15, 0.2) is 11.6 Å². The van der Waals surface area contributed by atoms with Gasteiger partial charge in [0.05, 0.1) is 23.0 Å². The number of nitrogens with zero attached hydrogens (tertiary/aromatic N) is 3. The van der Waals surface area contributed by atoms with Gasteiger partial charge in [0.1, 0.15) is 6.04 Å². The molecule has 30 heavy (non-hydrogen) atoms. The molecule has 0 amide bonds. The molecule has 5 rings (SSSR count). The summed E-state index contributed by atoms with van der Waals surface area (Å²) >= 11 is 6.07. The highest BCUT2D eigenvalue weighted by atomic mass is 35.5. The molecule has 2 N–H and O–H groups in total. The number of para-hydroxylation sites is 2. The average Bonchev–Trinajstić information content (AvgIpc) is 3.13. The van der Waals surface area contributed by atoms with Crippen LogP contribution < -0.4 is 15.1 Å². The molecule has 0 fully saturated rings. The number of nitro benzene ring substituents is 1. The number of hydrogen-bond acceptors (Lipinski definition) is 6. The van der Waals surface area contributed by atoms with E-state index >= 15 is 0 Å². The van der Waals surface area contributed by atoms with Crippen molar-refractivity contribution in [3.05, 3.63) is 105 Å². The van der Waals surface area contributed by atoms with E-state index in [0.717, 1.165) is 22.6 Å². The van der Waals surface area contributed by atoms with Gasteiger partial charge in [-0.25, -0.2) is 0 Å². The summed E-state index contributed by atoms with van der Waals surface area (Å²) in [5, 5.41) is 26.3. The van der Waals surface area contributed by atoms with Gasteiger partial charge in [0.25, 0.3) is 5.69 Å². The number of nitro groups is 1. The van der Waals surface area contributed by atoms with E-state index in [0.29, 0.717) is 17.5 Å². The Kier molecular flexibility index (Phi) is 4.25. The maximum atomic E-state index is 11.3. The molecule has 2 aliphatic rings. The summed E-state index contributed by atoms with van der Waals surface area (Å²) in [6.45, 7) is 0.479. The maximum Gasteiger partial charge on any atom is 0.269 e. The SMILES string of the molecule is O=[N+]([O-])c1ccc([C@@H]2C(O)=C3Nc4ccccc4N3CN2c2ccc(Cl)cc2)cc1. The minimum Gasteiger partial charge on any atom is -0.506 e. The summed E-state index contributed by atoms with van der Waals surface area (Å²) in [5.74, 6) is 0.756. The number of anilines is 3. The summed E-state index contributed by atoms with van der Waals surface area (Å²) < 4.78 is 0. The predicted molar refractivity (Wildman–Crippen MR) is 117 cm³/mol. The molecule has 1 atom stereocenters. The zero-order valence-corrected chi connectivity index (χ0v) is 16.5. The van der Waals surface area contributed by atoms with Crippen molar-refractivity contribution in [2.75, 3.05) is 21.8 Å². The minimum atomic E-state index is -0.514. The van der Waals surface area contributed by atoms with Crippen LogP contribution in [0.15, 0.2) is 84.4 Å². The van der Waals surface area contributed by atoms with Gasteiger partial charge in [-0.05, 0) is 54.1 Å². The van der Waals surface area contributed by atoms with Crippen molar-refractivity contribution in [3.63, 3.8) is 0 Å². The highest BCUT2D eigenvalue weighted by molar-refractivity contribution is 6.30. The number of aliphatic hydroxyl groups excluding tert-OH is 1. The lowest BCUT2D eigenvalue weighted by molar-refractivity contribution is -0.384. The molecule has 0 bridgehead atoms. The van der Waals surface area contributed by atoms with E-state index in [1.54, 1.807) is 24.3 Å². The van der Waals surface area contributed by atoms with Crippen molar-refractivity contribution in [1.82, 2.24) is 0 Å². The smallest absolute Gasteiger partial charge is 0.269 e. The van der Waals surface area contributed by atoms with E-state index in [9.17, 15) is 15.2 Å². The number of hydrogen-bond donors (Lipinski definition) is 2. The zero-order valence-electron chi connectivity index (χ0n) is 15.7. The predicted octanol–water partition coefficient (Wildman–Crippen LogP) is 5.43. The number of nitrogens with one attached hydrogen (secondary N) is 1. The fraction of sp³-hybridized carbons (Fsp3) is 0.0909. The molecule has 3 aromatic rings. The number of rotatable bonds is 3. The lowest BCUT2D eigenvalue weighted by Crippen LogP contribution is -2.45. The summed E-state index contributed by atoms with van der Waals surface area (Å²) in [7, 11) is 0. The molecule has 150 valence electrons. The van der Waals surface area contributed by atoms with E-state index in [2.05, 4.69) is 5.32 Å². The lowest BCUT2D eigenvalue weighted by atomic mass is 10.00. The molecule has 0 aromatic heterocycles. The fourth-order valence-corrected chi connectivity index (χ4v) is 4.10. The Morgan fingerprint density at radius 3 is 2.43 bits per heavy atom. The molecule has 8 heteroatoms. The molecule has 0 saturated heterocycles. The maximum absolute atomic E-state index is 11.3. The second kappa shape index (κ2) is 6.96. The number of halogens is 1. The van der Waals surface area contributed by atoms with E-state index in [-0.39, 0.29) is 11.4 Å². The molecule has 0 unspecified atom stereocenters. The Bertz CT molecular complexity index is 1160. The third kappa shape index (κ3) is 2.91. The fourth-order valence-electron chi connectivity index (χ4n) is 3.97. The van der Waals surface area contributed by atoms with Crippen LogP contribution in [-0.2, 0) is 0 Å². The third-order valence-corrected chi connectivity index (χ3v) is 5.65. The van der Waals surface area contributed by atoms with Gasteiger partial charge >= 0.3 is 0 Å².